The molecular formula is C10H23NO2S2. The van der Waals surface area contributed by atoms with Gasteiger partial charge in [0, 0.05) is 18.1 Å². The number of likely N-dealkylation sites (N-methyl/N-ethyl adjacent to an activating group) is 1. The van der Waals surface area contributed by atoms with Crippen molar-refractivity contribution in [1.29, 1.82) is 0 Å². The molecular weight excluding hydrogens is 230 g/mol. The first kappa shape index (κ1) is 15.6. The Morgan fingerprint density at radius 3 is 2.33 bits per heavy atom. The molecule has 0 saturated carbocycles. The molecule has 92 valence electrons. The van der Waals surface area contributed by atoms with Crippen LogP contribution in [0.4, 0.5) is 0 Å². The van der Waals surface area contributed by atoms with Crippen LogP contribution in [0.15, 0.2) is 0 Å². The van der Waals surface area contributed by atoms with Crippen molar-refractivity contribution in [1.82, 2.24) is 4.90 Å². The fourth-order valence-electron chi connectivity index (χ4n) is 1.08. The van der Waals surface area contributed by atoms with E-state index in [1.165, 1.54) is 0 Å². The summed E-state index contributed by atoms with van der Waals surface area (Å²) in [7, 11) is 3.47. The van der Waals surface area contributed by atoms with E-state index in [2.05, 4.69) is 18.7 Å². The predicted octanol–water partition coefficient (Wildman–Crippen LogP) is 1.72. The molecule has 0 aliphatic rings. The molecule has 0 fully saturated rings. The molecule has 5 heteroatoms. The zero-order valence-corrected chi connectivity index (χ0v) is 11.4. The summed E-state index contributed by atoms with van der Waals surface area (Å²) in [5.74, 6) is 1.81. The Morgan fingerprint density at radius 1 is 1.07 bits per heavy atom. The molecule has 0 heterocycles. The van der Waals surface area contributed by atoms with Gasteiger partial charge in [0.15, 0.2) is 0 Å². The fourth-order valence-corrected chi connectivity index (χ4v) is 2.71. The molecule has 0 aliphatic carbocycles. The fraction of sp³-hybridized carbons (Fsp3) is 1.00. The van der Waals surface area contributed by atoms with Gasteiger partial charge in [-0.2, -0.15) is 0 Å². The normalized spacial score (nSPS) is 11.2. The van der Waals surface area contributed by atoms with Crippen LogP contribution in [0.2, 0.25) is 0 Å². The van der Waals surface area contributed by atoms with Gasteiger partial charge in [0.05, 0.1) is 19.8 Å². The molecule has 0 aromatic rings. The van der Waals surface area contributed by atoms with Gasteiger partial charge in [0.25, 0.3) is 0 Å². The number of hydrogen-bond acceptors (Lipinski definition) is 5. The third-order valence-corrected chi connectivity index (χ3v) is 4.36. The summed E-state index contributed by atoms with van der Waals surface area (Å²) < 4.78 is 5.51. The summed E-state index contributed by atoms with van der Waals surface area (Å²) in [6.07, 6.45) is 0. The van der Waals surface area contributed by atoms with E-state index in [1.807, 2.05) is 0 Å². The molecule has 0 saturated heterocycles. The van der Waals surface area contributed by atoms with Gasteiger partial charge in [0.2, 0.25) is 0 Å². The monoisotopic (exact) mass is 253 g/mol. The maximum absolute atomic E-state index is 8.55. The summed E-state index contributed by atoms with van der Waals surface area (Å²) in [5.41, 5.74) is 0. The van der Waals surface area contributed by atoms with Crippen LogP contribution in [0.25, 0.3) is 0 Å². The minimum atomic E-state index is 0.264. The van der Waals surface area contributed by atoms with Crippen LogP contribution in [-0.2, 0) is 4.74 Å². The molecule has 0 aromatic carbocycles. The van der Waals surface area contributed by atoms with E-state index in [0.29, 0.717) is 0 Å². The van der Waals surface area contributed by atoms with Crippen LogP contribution in [0.3, 0.4) is 0 Å². The van der Waals surface area contributed by atoms with Crippen molar-refractivity contribution in [2.24, 2.45) is 0 Å². The van der Waals surface area contributed by atoms with Gasteiger partial charge < -0.3 is 14.7 Å². The lowest BCUT2D eigenvalue weighted by atomic mass is 10.5. The third kappa shape index (κ3) is 10.9. The third-order valence-electron chi connectivity index (χ3n) is 2.02. The van der Waals surface area contributed by atoms with Crippen molar-refractivity contribution in [3.63, 3.8) is 0 Å². The number of nitrogens with zero attached hydrogens (tertiary/aromatic N) is 1. The molecule has 0 rings (SSSR count). The number of aliphatic hydroxyl groups excluding tert-OH is 1. The lowest BCUT2D eigenvalue weighted by Crippen LogP contribution is -2.27. The second-order valence-corrected chi connectivity index (χ2v) is 5.71. The summed E-state index contributed by atoms with van der Waals surface area (Å²) in [6, 6.07) is 0. The first-order valence-electron chi connectivity index (χ1n) is 5.50. The minimum Gasteiger partial charge on any atom is -0.395 e. The van der Waals surface area contributed by atoms with Crippen LogP contribution >= 0.6 is 21.6 Å². The Labute approximate surface area is 101 Å². The zero-order chi connectivity index (χ0) is 11.4. The summed E-state index contributed by atoms with van der Waals surface area (Å²) in [6.45, 7) is 9.47. The van der Waals surface area contributed by atoms with E-state index >= 15 is 0 Å². The van der Waals surface area contributed by atoms with E-state index in [-0.39, 0.29) is 6.61 Å². The van der Waals surface area contributed by atoms with Crippen molar-refractivity contribution in [2.45, 2.75) is 13.8 Å². The average Bonchev–Trinajstić information content (AvgIpc) is 2.27. The van der Waals surface area contributed by atoms with Gasteiger partial charge in [-0.15, -0.1) is 0 Å². The highest BCUT2D eigenvalue weighted by Crippen LogP contribution is 2.19. The second kappa shape index (κ2) is 12.6. The van der Waals surface area contributed by atoms with E-state index < -0.39 is 0 Å². The second-order valence-electron chi connectivity index (χ2n) is 3.01. The molecule has 0 radical (unpaired) electrons. The lowest BCUT2D eigenvalue weighted by Gasteiger charge is -2.17. The van der Waals surface area contributed by atoms with Crippen molar-refractivity contribution in [3.8, 4) is 0 Å². The SMILES string of the molecule is CCN(CC)CCOCCSSCCO. The van der Waals surface area contributed by atoms with Crippen LogP contribution in [0.1, 0.15) is 13.8 Å². The number of rotatable bonds is 11. The van der Waals surface area contributed by atoms with Crippen LogP contribution in [0, 0.1) is 0 Å². The number of aliphatic hydroxyl groups is 1. The molecule has 0 aromatic heterocycles. The average molecular weight is 253 g/mol. The molecule has 0 atom stereocenters. The van der Waals surface area contributed by atoms with Gasteiger partial charge in [0.1, 0.15) is 0 Å². The van der Waals surface area contributed by atoms with Crippen molar-refractivity contribution in [3.05, 3.63) is 0 Å². The van der Waals surface area contributed by atoms with Gasteiger partial charge >= 0.3 is 0 Å². The van der Waals surface area contributed by atoms with E-state index in [0.717, 1.165) is 44.4 Å². The first-order chi connectivity index (χ1) is 7.35. The Morgan fingerprint density at radius 2 is 1.73 bits per heavy atom. The molecule has 15 heavy (non-hydrogen) atoms. The standard InChI is InChI=1S/C10H23NO2S2/c1-3-11(4-2)5-7-13-8-10-15-14-9-6-12/h12H,3-10H2,1-2H3. The highest BCUT2D eigenvalue weighted by atomic mass is 33.1. The van der Waals surface area contributed by atoms with Crippen LogP contribution in [-0.4, -0.2) is 61.0 Å². The zero-order valence-electron chi connectivity index (χ0n) is 9.78. The van der Waals surface area contributed by atoms with E-state index in [4.69, 9.17) is 9.84 Å². The minimum absolute atomic E-state index is 0.264. The Balaban J connectivity index is 3.04. The van der Waals surface area contributed by atoms with Gasteiger partial charge in [-0.25, -0.2) is 0 Å². The Hall–Kier alpha value is 0.580. The Kier molecular flexibility index (Phi) is 13.1. The smallest absolute Gasteiger partial charge is 0.0593 e. The number of ether oxygens (including phenoxy) is 1. The molecule has 0 bridgehead atoms. The molecule has 1 N–H and O–H groups in total. The summed E-state index contributed by atoms with van der Waals surface area (Å²) in [5, 5.41) is 8.55. The van der Waals surface area contributed by atoms with E-state index in [1.54, 1.807) is 21.6 Å². The maximum Gasteiger partial charge on any atom is 0.0593 e. The van der Waals surface area contributed by atoms with Gasteiger partial charge in [-0.05, 0) is 13.1 Å². The van der Waals surface area contributed by atoms with E-state index in [9.17, 15) is 0 Å². The topological polar surface area (TPSA) is 32.7 Å². The Bertz CT molecular complexity index is 124. The van der Waals surface area contributed by atoms with Crippen LogP contribution < -0.4 is 0 Å². The van der Waals surface area contributed by atoms with Crippen LogP contribution in [0.5, 0.6) is 0 Å². The number of hydrogen-bond donors (Lipinski definition) is 1. The summed E-state index contributed by atoms with van der Waals surface area (Å²) >= 11 is 0. The maximum atomic E-state index is 8.55. The largest absolute Gasteiger partial charge is 0.395 e. The van der Waals surface area contributed by atoms with Crippen molar-refractivity contribution >= 4 is 21.6 Å². The quantitative estimate of drug-likeness (QED) is 0.448. The first-order valence-corrected chi connectivity index (χ1v) is 7.99. The predicted molar refractivity (Wildman–Crippen MR) is 70.6 cm³/mol. The molecule has 0 aliphatic heterocycles. The molecule has 3 nitrogen and oxygen atoms in total. The molecule has 0 amide bonds. The highest BCUT2D eigenvalue weighted by molar-refractivity contribution is 8.76. The van der Waals surface area contributed by atoms with Crippen molar-refractivity contribution in [2.75, 3.05) is 51.0 Å². The van der Waals surface area contributed by atoms with Crippen molar-refractivity contribution < 1.29 is 9.84 Å². The molecule has 0 spiro atoms. The van der Waals surface area contributed by atoms with Gasteiger partial charge in [-0.1, -0.05) is 35.4 Å². The lowest BCUT2D eigenvalue weighted by molar-refractivity contribution is 0.119. The molecule has 0 unspecified atom stereocenters. The van der Waals surface area contributed by atoms with Gasteiger partial charge in [-0.3, -0.25) is 0 Å². The highest BCUT2D eigenvalue weighted by Gasteiger charge is 1.97. The summed E-state index contributed by atoms with van der Waals surface area (Å²) in [4.78, 5) is 2.35.